The second kappa shape index (κ2) is 9.43. The first-order valence-electron chi connectivity index (χ1n) is 11.5. The summed E-state index contributed by atoms with van der Waals surface area (Å²) in [6, 6.07) is 5.65. The van der Waals surface area contributed by atoms with Gasteiger partial charge in [-0.05, 0) is 36.2 Å². The molecule has 0 saturated heterocycles. The van der Waals surface area contributed by atoms with E-state index in [-0.39, 0.29) is 34.4 Å². The van der Waals surface area contributed by atoms with Crippen LogP contribution in [0.15, 0.2) is 36.7 Å². The molecule has 0 bridgehead atoms. The number of hydrogen-bond donors (Lipinski definition) is 3. The monoisotopic (exact) mass is 526 g/mol. The van der Waals surface area contributed by atoms with Crippen LogP contribution < -0.4 is 21.1 Å². The summed E-state index contributed by atoms with van der Waals surface area (Å²) in [4.78, 5) is 12.9. The van der Waals surface area contributed by atoms with Crippen molar-refractivity contribution >= 4 is 43.8 Å². The molecule has 9 nitrogen and oxygen atoms in total. The Labute approximate surface area is 212 Å². The number of ether oxygens (including phenoxy) is 1. The number of aromatic nitrogens is 3. The average Bonchev–Trinajstić information content (AvgIpc) is 2.88. The molecule has 3 heterocycles. The third-order valence-corrected chi connectivity index (χ3v) is 7.86. The molecule has 37 heavy (non-hydrogen) atoms. The molecule has 0 saturated carbocycles. The predicted octanol–water partition coefficient (Wildman–Crippen LogP) is 4.34. The van der Waals surface area contributed by atoms with Crippen molar-refractivity contribution in [2.75, 3.05) is 35.3 Å². The number of hydrogen-bond acceptors (Lipinski definition) is 9. The standard InChI is InChI=1S/C25H24F2N6O3S/c1-3-37(34,35)12-14-4-5-19(18(26)8-14)32-25-31-11-17-20(33-25)9-15(21(27)22(17)28)16-10-30-24-23(13(16)2)29-6-7-36-24/h4-5,8-11,29H,3,6-7,12,28H2,1-2H3,(H,31,32,33). The molecule has 12 heteroatoms. The maximum absolute atomic E-state index is 15.3. The topological polar surface area (TPSA) is 132 Å². The van der Waals surface area contributed by atoms with E-state index >= 15 is 4.39 Å². The van der Waals surface area contributed by atoms with Crippen LogP contribution in [0.25, 0.3) is 22.0 Å². The zero-order valence-electron chi connectivity index (χ0n) is 20.1. The Morgan fingerprint density at radius 2 is 1.97 bits per heavy atom. The number of sulfone groups is 1. The number of nitrogen functional groups attached to an aromatic ring is 1. The van der Waals surface area contributed by atoms with Crippen molar-refractivity contribution in [1.29, 1.82) is 0 Å². The Balaban J connectivity index is 1.51. The van der Waals surface area contributed by atoms with E-state index in [0.29, 0.717) is 46.7 Å². The number of halogens is 2. The van der Waals surface area contributed by atoms with Gasteiger partial charge in [-0.15, -0.1) is 0 Å². The van der Waals surface area contributed by atoms with Crippen LogP contribution in [0.1, 0.15) is 18.1 Å². The molecule has 0 amide bonds. The molecular formula is C25H24F2N6O3S. The van der Waals surface area contributed by atoms with Crippen LogP contribution in [0.2, 0.25) is 0 Å². The number of anilines is 4. The molecule has 1 aliphatic heterocycles. The van der Waals surface area contributed by atoms with E-state index in [1.54, 1.807) is 6.07 Å². The summed E-state index contributed by atoms with van der Waals surface area (Å²) in [5.74, 6) is -1.04. The largest absolute Gasteiger partial charge is 0.474 e. The van der Waals surface area contributed by atoms with Gasteiger partial charge < -0.3 is 21.1 Å². The molecule has 0 spiro atoms. The second-order valence-electron chi connectivity index (χ2n) is 8.65. The summed E-state index contributed by atoms with van der Waals surface area (Å²) in [5.41, 5.74) is 8.92. The van der Waals surface area contributed by atoms with E-state index in [1.807, 2.05) is 6.92 Å². The number of fused-ring (bicyclic) bond motifs is 2. The third-order valence-electron chi connectivity index (χ3n) is 6.21. The quantitative estimate of drug-likeness (QED) is 0.314. The molecule has 0 fully saturated rings. The van der Waals surface area contributed by atoms with Crippen LogP contribution in [-0.4, -0.2) is 42.3 Å². The fourth-order valence-corrected chi connectivity index (χ4v) is 5.04. The van der Waals surface area contributed by atoms with Crippen LogP contribution >= 0.6 is 0 Å². The molecule has 4 N–H and O–H groups in total. The first-order valence-corrected chi connectivity index (χ1v) is 13.4. The van der Waals surface area contributed by atoms with Gasteiger partial charge in [-0.3, -0.25) is 0 Å². The van der Waals surface area contributed by atoms with Gasteiger partial charge in [-0.2, -0.15) is 0 Å². The maximum atomic E-state index is 15.3. The summed E-state index contributed by atoms with van der Waals surface area (Å²) < 4.78 is 59.3. The molecule has 0 atom stereocenters. The fourth-order valence-electron chi connectivity index (χ4n) is 4.15. The molecular weight excluding hydrogens is 502 g/mol. The first kappa shape index (κ1) is 24.6. The number of nitrogens with two attached hydrogens (primary N) is 1. The molecule has 4 aromatic rings. The van der Waals surface area contributed by atoms with Crippen LogP contribution in [0, 0.1) is 18.6 Å². The summed E-state index contributed by atoms with van der Waals surface area (Å²) in [7, 11) is -3.30. The van der Waals surface area contributed by atoms with Crippen molar-refractivity contribution in [2.45, 2.75) is 19.6 Å². The number of nitrogens with zero attached hydrogens (tertiary/aromatic N) is 3. The Morgan fingerprint density at radius 3 is 2.73 bits per heavy atom. The van der Waals surface area contributed by atoms with E-state index in [2.05, 4.69) is 25.6 Å². The fraction of sp³-hybridized carbons (Fsp3) is 0.240. The highest BCUT2D eigenvalue weighted by Gasteiger charge is 2.21. The number of rotatable bonds is 6. The zero-order valence-corrected chi connectivity index (χ0v) is 20.9. The third kappa shape index (κ3) is 4.71. The minimum atomic E-state index is -3.30. The number of nitrogens with one attached hydrogen (secondary N) is 2. The lowest BCUT2D eigenvalue weighted by molar-refractivity contribution is 0.310. The predicted molar refractivity (Wildman–Crippen MR) is 139 cm³/mol. The molecule has 1 aliphatic rings. The van der Waals surface area contributed by atoms with Crippen molar-refractivity contribution in [1.82, 2.24) is 15.0 Å². The molecule has 0 radical (unpaired) electrons. The lowest BCUT2D eigenvalue weighted by Crippen LogP contribution is -2.20. The van der Waals surface area contributed by atoms with Gasteiger partial charge in [0.2, 0.25) is 11.8 Å². The van der Waals surface area contributed by atoms with Gasteiger partial charge in [0.1, 0.15) is 18.1 Å². The van der Waals surface area contributed by atoms with Gasteiger partial charge >= 0.3 is 0 Å². The summed E-state index contributed by atoms with van der Waals surface area (Å²) in [5, 5.41) is 6.32. The van der Waals surface area contributed by atoms with Crippen LogP contribution in [0.3, 0.4) is 0 Å². The van der Waals surface area contributed by atoms with E-state index < -0.39 is 21.5 Å². The van der Waals surface area contributed by atoms with E-state index in [4.69, 9.17) is 10.5 Å². The summed E-state index contributed by atoms with van der Waals surface area (Å²) in [6.07, 6.45) is 2.89. The van der Waals surface area contributed by atoms with Crippen molar-refractivity contribution < 1.29 is 21.9 Å². The number of benzene rings is 2. The average molecular weight is 527 g/mol. The van der Waals surface area contributed by atoms with Crippen molar-refractivity contribution in [3.63, 3.8) is 0 Å². The van der Waals surface area contributed by atoms with Gasteiger partial charge in [0, 0.05) is 41.2 Å². The smallest absolute Gasteiger partial charge is 0.237 e. The molecule has 5 rings (SSSR count). The number of pyridine rings is 1. The van der Waals surface area contributed by atoms with Gasteiger partial charge in [0.25, 0.3) is 0 Å². The summed E-state index contributed by atoms with van der Waals surface area (Å²) in [6.45, 7) is 4.47. The van der Waals surface area contributed by atoms with Gasteiger partial charge in [-0.1, -0.05) is 13.0 Å². The lowest BCUT2D eigenvalue weighted by Gasteiger charge is -2.22. The van der Waals surface area contributed by atoms with Crippen molar-refractivity contribution in [3.05, 3.63) is 59.4 Å². The Hall–Kier alpha value is -4.06. The maximum Gasteiger partial charge on any atom is 0.237 e. The highest BCUT2D eigenvalue weighted by Crippen LogP contribution is 2.39. The molecule has 192 valence electrons. The van der Waals surface area contributed by atoms with Crippen LogP contribution in [0.5, 0.6) is 5.88 Å². The summed E-state index contributed by atoms with van der Waals surface area (Å²) >= 11 is 0. The normalized spacial score (nSPS) is 13.1. The molecule has 0 aliphatic carbocycles. The first-order chi connectivity index (χ1) is 17.7. The highest BCUT2D eigenvalue weighted by molar-refractivity contribution is 7.90. The molecule has 0 unspecified atom stereocenters. The van der Waals surface area contributed by atoms with E-state index in [1.165, 1.54) is 31.5 Å². The SMILES string of the molecule is CCS(=O)(=O)Cc1ccc(Nc2ncc3c(N)c(F)c(-c4cnc5c(c4C)NCCO5)cc3n2)c(F)c1. The van der Waals surface area contributed by atoms with Gasteiger partial charge in [0.15, 0.2) is 15.7 Å². The second-order valence-corrected chi connectivity index (χ2v) is 11.0. The highest BCUT2D eigenvalue weighted by atomic mass is 32.2. The Kier molecular flexibility index (Phi) is 6.28. The molecule has 2 aromatic heterocycles. The van der Waals surface area contributed by atoms with Crippen LogP contribution in [-0.2, 0) is 15.6 Å². The molecule has 2 aromatic carbocycles. The zero-order chi connectivity index (χ0) is 26.3. The van der Waals surface area contributed by atoms with E-state index in [0.717, 1.165) is 11.6 Å². The minimum Gasteiger partial charge on any atom is -0.474 e. The van der Waals surface area contributed by atoms with E-state index in [9.17, 15) is 12.8 Å². The van der Waals surface area contributed by atoms with Crippen molar-refractivity contribution in [2.24, 2.45) is 0 Å². The van der Waals surface area contributed by atoms with Crippen LogP contribution in [0.4, 0.5) is 31.8 Å². The lowest BCUT2D eigenvalue weighted by atomic mass is 9.98. The van der Waals surface area contributed by atoms with Crippen molar-refractivity contribution in [3.8, 4) is 17.0 Å². The Morgan fingerprint density at radius 1 is 1.16 bits per heavy atom. The van der Waals surface area contributed by atoms with Gasteiger partial charge in [-0.25, -0.2) is 32.2 Å². The minimum absolute atomic E-state index is 0.0312. The van der Waals surface area contributed by atoms with Gasteiger partial charge in [0.05, 0.1) is 22.6 Å². The Bertz CT molecular complexity index is 1650.